The Bertz CT molecular complexity index is 1130. The summed E-state index contributed by atoms with van der Waals surface area (Å²) in [6.07, 6.45) is 1.18. The van der Waals surface area contributed by atoms with Crippen LogP contribution < -0.4 is 10.1 Å². The van der Waals surface area contributed by atoms with Gasteiger partial charge in [0, 0.05) is 18.7 Å². The molecular formula is C19H20N4O5S2. The van der Waals surface area contributed by atoms with Gasteiger partial charge in [0.05, 0.1) is 13.0 Å². The molecule has 0 bridgehead atoms. The van der Waals surface area contributed by atoms with Crippen LogP contribution in [0.3, 0.4) is 0 Å². The first-order valence-electron chi connectivity index (χ1n) is 9.30. The molecule has 0 radical (unpaired) electrons. The lowest BCUT2D eigenvalue weighted by Crippen LogP contribution is -2.43. The SMILES string of the molecule is COc1cccc(-c2nnc(NC(=O)C3CCCN(S(=O)(=O)c4cccs4)C3)o2)c1. The molecule has 0 spiro atoms. The van der Waals surface area contributed by atoms with Gasteiger partial charge >= 0.3 is 6.01 Å². The van der Waals surface area contributed by atoms with Crippen LogP contribution in [0.15, 0.2) is 50.4 Å². The van der Waals surface area contributed by atoms with E-state index in [0.29, 0.717) is 30.7 Å². The number of carbonyl (C=O) groups excluding carboxylic acids is 1. The number of thiophene rings is 1. The van der Waals surface area contributed by atoms with Gasteiger partial charge in [-0.2, -0.15) is 4.31 Å². The quantitative estimate of drug-likeness (QED) is 0.617. The van der Waals surface area contributed by atoms with Gasteiger partial charge in [-0.3, -0.25) is 10.1 Å². The molecule has 3 heterocycles. The summed E-state index contributed by atoms with van der Waals surface area (Å²) >= 11 is 1.17. The van der Waals surface area contributed by atoms with Gasteiger partial charge in [0.1, 0.15) is 9.96 Å². The maximum Gasteiger partial charge on any atom is 0.322 e. The summed E-state index contributed by atoms with van der Waals surface area (Å²) in [5.74, 6) is 0.0443. The van der Waals surface area contributed by atoms with Crippen LogP contribution in [0, 0.1) is 5.92 Å². The number of amides is 1. The number of nitrogens with zero attached hydrogens (tertiary/aromatic N) is 3. The molecule has 3 aromatic rings. The van der Waals surface area contributed by atoms with E-state index in [-0.39, 0.29) is 28.6 Å². The Morgan fingerprint density at radius 3 is 2.93 bits per heavy atom. The Morgan fingerprint density at radius 2 is 2.17 bits per heavy atom. The van der Waals surface area contributed by atoms with Gasteiger partial charge in [0.15, 0.2) is 0 Å². The van der Waals surface area contributed by atoms with E-state index in [1.165, 1.54) is 15.6 Å². The van der Waals surface area contributed by atoms with Crippen molar-refractivity contribution < 1.29 is 22.4 Å². The number of rotatable bonds is 6. The summed E-state index contributed by atoms with van der Waals surface area (Å²) in [4.78, 5) is 12.7. The average Bonchev–Trinajstić information content (AvgIpc) is 3.47. The summed E-state index contributed by atoms with van der Waals surface area (Å²) in [7, 11) is -2.03. The summed E-state index contributed by atoms with van der Waals surface area (Å²) < 4.78 is 37.8. The van der Waals surface area contributed by atoms with Crippen LogP contribution in [0.25, 0.3) is 11.5 Å². The Labute approximate surface area is 177 Å². The van der Waals surface area contributed by atoms with E-state index >= 15 is 0 Å². The highest BCUT2D eigenvalue weighted by atomic mass is 32.2. The molecule has 9 nitrogen and oxygen atoms in total. The first kappa shape index (κ1) is 20.5. The molecular weight excluding hydrogens is 428 g/mol. The third-order valence-electron chi connectivity index (χ3n) is 4.82. The number of anilines is 1. The molecule has 0 aliphatic carbocycles. The van der Waals surface area contributed by atoms with E-state index in [4.69, 9.17) is 9.15 Å². The largest absolute Gasteiger partial charge is 0.497 e. The van der Waals surface area contributed by atoms with Crippen molar-refractivity contribution in [3.05, 3.63) is 41.8 Å². The fourth-order valence-electron chi connectivity index (χ4n) is 3.27. The van der Waals surface area contributed by atoms with Crippen LogP contribution in [0.2, 0.25) is 0 Å². The predicted octanol–water partition coefficient (Wildman–Crippen LogP) is 2.85. The van der Waals surface area contributed by atoms with E-state index in [0.717, 1.165) is 0 Å². The van der Waals surface area contributed by atoms with E-state index in [9.17, 15) is 13.2 Å². The van der Waals surface area contributed by atoms with Crippen LogP contribution >= 0.6 is 11.3 Å². The van der Waals surface area contributed by atoms with Crippen molar-refractivity contribution in [2.24, 2.45) is 5.92 Å². The second-order valence-corrected chi connectivity index (χ2v) is 9.88. The molecule has 4 rings (SSSR count). The van der Waals surface area contributed by atoms with E-state index in [1.54, 1.807) is 48.9 Å². The van der Waals surface area contributed by atoms with Crippen LogP contribution in [-0.2, 0) is 14.8 Å². The third kappa shape index (κ3) is 4.23. The standard InChI is InChI=1S/C19H20N4O5S2/c1-27-15-7-2-5-13(11-15)18-21-22-19(28-18)20-17(24)14-6-3-9-23(12-14)30(25,26)16-8-4-10-29-16/h2,4-5,7-8,10-11,14H,3,6,9,12H2,1H3,(H,20,22,24). The van der Waals surface area contributed by atoms with Gasteiger partial charge in [-0.05, 0) is 42.5 Å². The Kier molecular flexibility index (Phi) is 5.84. The number of hydrogen-bond donors (Lipinski definition) is 1. The molecule has 11 heteroatoms. The number of hydrogen-bond acceptors (Lipinski definition) is 8. The minimum atomic E-state index is -3.59. The molecule has 1 aromatic carbocycles. The van der Waals surface area contributed by atoms with Gasteiger partial charge in [-0.15, -0.1) is 16.4 Å². The highest BCUT2D eigenvalue weighted by molar-refractivity contribution is 7.91. The van der Waals surface area contributed by atoms with Gasteiger partial charge < -0.3 is 9.15 Å². The molecule has 158 valence electrons. The Morgan fingerprint density at radius 1 is 1.30 bits per heavy atom. The molecule has 1 fully saturated rings. The van der Waals surface area contributed by atoms with Gasteiger partial charge in [0.2, 0.25) is 11.8 Å². The molecule has 1 atom stereocenters. The molecule has 1 N–H and O–H groups in total. The highest BCUT2D eigenvalue weighted by Crippen LogP contribution is 2.28. The second kappa shape index (κ2) is 8.54. The number of benzene rings is 1. The molecule has 0 saturated carbocycles. The Balaban J connectivity index is 1.43. The van der Waals surface area contributed by atoms with E-state index < -0.39 is 15.9 Å². The zero-order chi connectivity index (χ0) is 21.1. The molecule has 1 saturated heterocycles. The van der Waals surface area contributed by atoms with Crippen LogP contribution in [0.4, 0.5) is 6.01 Å². The smallest absolute Gasteiger partial charge is 0.322 e. The number of ether oxygens (including phenoxy) is 1. The molecule has 2 aromatic heterocycles. The molecule has 1 aliphatic heterocycles. The van der Waals surface area contributed by atoms with Crippen molar-refractivity contribution in [3.63, 3.8) is 0 Å². The van der Waals surface area contributed by atoms with Crippen molar-refractivity contribution in [3.8, 4) is 17.2 Å². The van der Waals surface area contributed by atoms with Gasteiger partial charge in [-0.1, -0.05) is 17.2 Å². The van der Waals surface area contributed by atoms with Crippen LogP contribution in [0.1, 0.15) is 12.8 Å². The fourth-order valence-corrected chi connectivity index (χ4v) is 5.93. The molecule has 1 aliphatic rings. The van der Waals surface area contributed by atoms with Crippen molar-refractivity contribution >= 4 is 33.3 Å². The average molecular weight is 449 g/mol. The van der Waals surface area contributed by atoms with Crippen LogP contribution in [0.5, 0.6) is 5.75 Å². The fraction of sp³-hybridized carbons (Fsp3) is 0.316. The lowest BCUT2D eigenvalue weighted by Gasteiger charge is -2.30. The number of carbonyl (C=O) groups is 1. The van der Waals surface area contributed by atoms with Crippen molar-refractivity contribution in [2.75, 3.05) is 25.5 Å². The number of piperidine rings is 1. The van der Waals surface area contributed by atoms with E-state index in [2.05, 4.69) is 15.5 Å². The summed E-state index contributed by atoms with van der Waals surface area (Å²) in [6, 6.07) is 10.4. The van der Waals surface area contributed by atoms with E-state index in [1.807, 2.05) is 0 Å². The number of sulfonamides is 1. The second-order valence-electron chi connectivity index (χ2n) is 6.77. The minimum absolute atomic E-state index is 0.0314. The first-order valence-corrected chi connectivity index (χ1v) is 11.6. The highest BCUT2D eigenvalue weighted by Gasteiger charge is 2.34. The van der Waals surface area contributed by atoms with Crippen molar-refractivity contribution in [1.29, 1.82) is 0 Å². The maximum atomic E-state index is 12.7. The summed E-state index contributed by atoms with van der Waals surface area (Å²) in [5, 5.41) is 12.2. The monoisotopic (exact) mass is 448 g/mol. The lowest BCUT2D eigenvalue weighted by atomic mass is 9.99. The number of nitrogens with one attached hydrogen (secondary N) is 1. The van der Waals surface area contributed by atoms with Crippen molar-refractivity contribution in [2.45, 2.75) is 17.1 Å². The summed E-state index contributed by atoms with van der Waals surface area (Å²) in [5.41, 5.74) is 0.660. The van der Waals surface area contributed by atoms with Gasteiger partial charge in [-0.25, -0.2) is 8.42 Å². The zero-order valence-electron chi connectivity index (χ0n) is 16.1. The Hall–Kier alpha value is -2.76. The predicted molar refractivity (Wildman–Crippen MR) is 111 cm³/mol. The van der Waals surface area contributed by atoms with Crippen LogP contribution in [-0.4, -0.2) is 49.0 Å². The summed E-state index contributed by atoms with van der Waals surface area (Å²) in [6.45, 7) is 0.507. The normalized spacial score (nSPS) is 17.6. The molecule has 30 heavy (non-hydrogen) atoms. The van der Waals surface area contributed by atoms with Crippen molar-refractivity contribution in [1.82, 2.24) is 14.5 Å². The topological polar surface area (TPSA) is 115 Å². The van der Waals surface area contributed by atoms with Gasteiger partial charge in [0.25, 0.3) is 10.0 Å². The minimum Gasteiger partial charge on any atom is -0.497 e. The maximum absolute atomic E-state index is 12.7. The number of aromatic nitrogens is 2. The molecule has 1 unspecified atom stereocenters. The third-order valence-corrected chi connectivity index (χ3v) is 8.05. The first-order chi connectivity index (χ1) is 14.5. The molecule has 1 amide bonds. The zero-order valence-corrected chi connectivity index (χ0v) is 17.8. The lowest BCUT2D eigenvalue weighted by molar-refractivity contribution is -0.121. The number of methoxy groups -OCH3 is 1.